The molecule has 112 valence electrons. The van der Waals surface area contributed by atoms with Crippen LogP contribution in [0.1, 0.15) is 11.1 Å². The molecule has 0 saturated carbocycles. The number of hydrazone groups is 1. The summed E-state index contributed by atoms with van der Waals surface area (Å²) < 4.78 is 0. The Morgan fingerprint density at radius 3 is 2.59 bits per heavy atom. The highest BCUT2D eigenvalue weighted by atomic mass is 35.5. The van der Waals surface area contributed by atoms with Crippen molar-refractivity contribution >= 4 is 40.7 Å². The third-order valence-electron chi connectivity index (χ3n) is 2.90. The molecule has 2 aromatic carbocycles. The number of nitrogens with zero attached hydrogens (tertiary/aromatic N) is 3. The zero-order valence-electron chi connectivity index (χ0n) is 11.6. The predicted molar refractivity (Wildman–Crippen MR) is 91.6 cm³/mol. The lowest BCUT2D eigenvalue weighted by atomic mass is 10.2. The second-order valence-corrected chi connectivity index (χ2v) is 5.16. The zero-order valence-corrected chi connectivity index (χ0v) is 13.2. The number of thiocarbonyl (C=S) groups is 1. The second-order valence-electron chi connectivity index (χ2n) is 4.37. The molecule has 0 aliphatic rings. The molecule has 0 radical (unpaired) electrons. The molecule has 2 aromatic rings. The van der Waals surface area contributed by atoms with Gasteiger partial charge in [0.05, 0.1) is 21.7 Å². The first-order valence-corrected chi connectivity index (χ1v) is 7.09. The van der Waals surface area contributed by atoms with Crippen molar-refractivity contribution in [3.63, 3.8) is 0 Å². The molecule has 0 unspecified atom stereocenters. The van der Waals surface area contributed by atoms with E-state index in [9.17, 15) is 10.1 Å². The monoisotopic (exact) mass is 333 g/mol. The van der Waals surface area contributed by atoms with Gasteiger partial charge in [0.2, 0.25) is 0 Å². The molecule has 2 rings (SSSR count). The normalized spacial score (nSPS) is 10.6. The van der Waals surface area contributed by atoms with Crippen LogP contribution >= 0.6 is 23.8 Å². The Balaban J connectivity index is 2.26. The van der Waals surface area contributed by atoms with Crippen LogP contribution in [0.3, 0.4) is 0 Å². The highest BCUT2D eigenvalue weighted by molar-refractivity contribution is 7.80. The van der Waals surface area contributed by atoms with E-state index >= 15 is 0 Å². The molecule has 0 heterocycles. The number of nitro groups is 1. The highest BCUT2D eigenvalue weighted by Crippen LogP contribution is 2.24. The van der Waals surface area contributed by atoms with Crippen molar-refractivity contribution in [1.29, 1.82) is 0 Å². The van der Waals surface area contributed by atoms with Gasteiger partial charge in [0.15, 0.2) is 0 Å². The first kappa shape index (κ1) is 16.1. The minimum atomic E-state index is -0.497. The second kappa shape index (κ2) is 7.11. The molecule has 7 heteroatoms. The lowest BCUT2D eigenvalue weighted by Crippen LogP contribution is -2.20. The SMILES string of the molecule is CN(/N=C\c1c(Cl)cccc1[N+](=O)[O-])C(=S)c1ccccc1. The third-order valence-corrected chi connectivity index (χ3v) is 3.73. The van der Waals surface area contributed by atoms with Gasteiger partial charge >= 0.3 is 0 Å². The van der Waals surface area contributed by atoms with Crippen molar-refractivity contribution in [3.05, 3.63) is 74.8 Å². The lowest BCUT2D eigenvalue weighted by Gasteiger charge is -2.14. The van der Waals surface area contributed by atoms with Crippen LogP contribution in [0.25, 0.3) is 0 Å². The molecule has 5 nitrogen and oxygen atoms in total. The Kier molecular flexibility index (Phi) is 5.19. The van der Waals surface area contributed by atoms with E-state index in [0.29, 0.717) is 4.99 Å². The van der Waals surface area contributed by atoms with Crippen molar-refractivity contribution in [1.82, 2.24) is 5.01 Å². The van der Waals surface area contributed by atoms with Crippen molar-refractivity contribution in [3.8, 4) is 0 Å². The maximum absolute atomic E-state index is 11.0. The van der Waals surface area contributed by atoms with Crippen LogP contribution in [0, 0.1) is 10.1 Å². The summed E-state index contributed by atoms with van der Waals surface area (Å²) in [5.41, 5.74) is 0.984. The topological polar surface area (TPSA) is 58.7 Å². The number of hydrogen-bond acceptors (Lipinski definition) is 4. The maximum atomic E-state index is 11.0. The summed E-state index contributed by atoms with van der Waals surface area (Å²) in [6, 6.07) is 13.8. The molecular formula is C15H12ClN3O2S. The first-order chi connectivity index (χ1) is 10.5. The van der Waals surface area contributed by atoms with Gasteiger partial charge in [0.25, 0.3) is 5.69 Å². The summed E-state index contributed by atoms with van der Waals surface area (Å²) in [7, 11) is 1.68. The predicted octanol–water partition coefficient (Wildman–Crippen LogP) is 3.89. The van der Waals surface area contributed by atoms with Gasteiger partial charge in [0.1, 0.15) is 4.99 Å². The van der Waals surface area contributed by atoms with Crippen LogP contribution in [0.15, 0.2) is 53.6 Å². The van der Waals surface area contributed by atoms with Gasteiger partial charge in [-0.05, 0) is 6.07 Å². The molecular weight excluding hydrogens is 322 g/mol. The molecule has 0 spiro atoms. The fourth-order valence-corrected chi connectivity index (χ4v) is 2.18. The molecule has 0 amide bonds. The van der Waals surface area contributed by atoms with Gasteiger partial charge in [-0.15, -0.1) is 0 Å². The minimum Gasteiger partial charge on any atom is -0.258 e. The summed E-state index contributed by atoms with van der Waals surface area (Å²) in [6.45, 7) is 0. The Bertz CT molecular complexity index is 735. The molecule has 0 bridgehead atoms. The number of benzene rings is 2. The van der Waals surface area contributed by atoms with Crippen molar-refractivity contribution in [2.45, 2.75) is 0 Å². The van der Waals surface area contributed by atoms with E-state index in [0.717, 1.165) is 5.56 Å². The van der Waals surface area contributed by atoms with Crippen LogP contribution < -0.4 is 0 Å². The minimum absolute atomic E-state index is 0.102. The van der Waals surface area contributed by atoms with Gasteiger partial charge in [-0.25, -0.2) is 0 Å². The van der Waals surface area contributed by atoms with Crippen LogP contribution in [0.2, 0.25) is 5.02 Å². The van der Waals surface area contributed by atoms with Crippen LogP contribution in [-0.2, 0) is 0 Å². The van der Waals surface area contributed by atoms with Gasteiger partial charge in [0, 0.05) is 18.7 Å². The van der Waals surface area contributed by atoms with Gasteiger partial charge in [-0.3, -0.25) is 15.1 Å². The average molecular weight is 334 g/mol. The molecule has 0 N–H and O–H groups in total. The molecule has 0 aliphatic heterocycles. The molecule has 0 fully saturated rings. The largest absolute Gasteiger partial charge is 0.279 e. The van der Waals surface area contributed by atoms with Gasteiger partial charge < -0.3 is 0 Å². The fraction of sp³-hybridized carbons (Fsp3) is 0.0667. The van der Waals surface area contributed by atoms with E-state index in [-0.39, 0.29) is 16.3 Å². The van der Waals surface area contributed by atoms with E-state index in [1.807, 2.05) is 30.3 Å². The molecule has 22 heavy (non-hydrogen) atoms. The van der Waals surface area contributed by atoms with E-state index in [4.69, 9.17) is 23.8 Å². The summed E-state index contributed by atoms with van der Waals surface area (Å²) in [6.07, 6.45) is 1.34. The van der Waals surface area contributed by atoms with Crippen LogP contribution in [0.5, 0.6) is 0 Å². The number of nitro benzene ring substituents is 1. The smallest absolute Gasteiger partial charge is 0.258 e. The Morgan fingerprint density at radius 1 is 1.27 bits per heavy atom. The van der Waals surface area contributed by atoms with E-state index in [1.165, 1.54) is 23.4 Å². The van der Waals surface area contributed by atoms with Crippen molar-refractivity contribution < 1.29 is 4.92 Å². The van der Waals surface area contributed by atoms with Crippen molar-refractivity contribution in [2.24, 2.45) is 5.10 Å². The van der Waals surface area contributed by atoms with E-state index in [1.54, 1.807) is 13.1 Å². The lowest BCUT2D eigenvalue weighted by molar-refractivity contribution is -0.385. The fourth-order valence-electron chi connectivity index (χ4n) is 1.78. The first-order valence-electron chi connectivity index (χ1n) is 6.30. The quantitative estimate of drug-likeness (QED) is 0.368. The number of halogens is 1. The van der Waals surface area contributed by atoms with Crippen molar-refractivity contribution in [2.75, 3.05) is 7.05 Å². The highest BCUT2D eigenvalue weighted by Gasteiger charge is 2.15. The summed E-state index contributed by atoms with van der Waals surface area (Å²) >= 11 is 11.3. The van der Waals surface area contributed by atoms with E-state index < -0.39 is 4.92 Å². The van der Waals surface area contributed by atoms with Gasteiger partial charge in [-0.1, -0.05) is 60.2 Å². The molecule has 0 aliphatic carbocycles. The third kappa shape index (κ3) is 3.66. The number of rotatable bonds is 4. The van der Waals surface area contributed by atoms with Crippen LogP contribution in [0.4, 0.5) is 5.69 Å². The standard InChI is InChI=1S/C15H12ClN3O2S/c1-18(15(22)11-6-3-2-4-7-11)17-10-12-13(16)8-5-9-14(12)19(20)21/h2-10H,1H3/b17-10-. The van der Waals surface area contributed by atoms with Gasteiger partial charge in [-0.2, -0.15) is 5.10 Å². The van der Waals surface area contributed by atoms with E-state index in [2.05, 4.69) is 5.10 Å². The summed E-state index contributed by atoms with van der Waals surface area (Å²) in [4.78, 5) is 11.0. The van der Waals surface area contributed by atoms with Crippen LogP contribution in [-0.4, -0.2) is 28.2 Å². The molecule has 0 atom stereocenters. The number of hydrogen-bond donors (Lipinski definition) is 0. The molecule has 0 saturated heterocycles. The Morgan fingerprint density at radius 2 is 1.95 bits per heavy atom. The average Bonchev–Trinajstić information content (AvgIpc) is 2.53. The summed E-state index contributed by atoms with van der Waals surface area (Å²) in [5, 5.41) is 16.9. The summed E-state index contributed by atoms with van der Waals surface area (Å²) in [5.74, 6) is 0. The zero-order chi connectivity index (χ0) is 16.1. The maximum Gasteiger partial charge on any atom is 0.279 e. The Hall–Kier alpha value is -2.31. The molecule has 0 aromatic heterocycles. The Labute approximate surface area is 138 Å².